The summed E-state index contributed by atoms with van der Waals surface area (Å²) in [4.78, 5) is 0. The van der Waals surface area contributed by atoms with Gasteiger partial charge in [-0.3, -0.25) is 0 Å². The molecule has 0 aromatic rings. The fourth-order valence-corrected chi connectivity index (χ4v) is 0.999. The van der Waals surface area contributed by atoms with E-state index in [4.69, 9.17) is 0 Å². The molecule has 1 aliphatic rings. The fraction of sp³-hybridized carbons (Fsp3) is 0.333. The molecule has 0 aromatic heterocycles. The third kappa shape index (κ3) is 1.18. The highest BCUT2D eigenvalue weighted by molar-refractivity contribution is 5.37. The first-order valence-electron chi connectivity index (χ1n) is 3.45. The van der Waals surface area contributed by atoms with Gasteiger partial charge in [0.25, 0.3) is 0 Å². The Labute approximate surface area is 60.7 Å². The van der Waals surface area contributed by atoms with Gasteiger partial charge in [-0.1, -0.05) is 31.7 Å². The third-order valence-corrected chi connectivity index (χ3v) is 1.68. The van der Waals surface area contributed by atoms with Gasteiger partial charge in [0.05, 0.1) is 0 Å². The van der Waals surface area contributed by atoms with E-state index in [-0.39, 0.29) is 0 Å². The number of hydrogen-bond donors (Lipinski definition) is 0. The first kappa shape index (κ1) is 7.26. The largest absolute Gasteiger partial charge is 0.237 e. The summed E-state index contributed by atoms with van der Waals surface area (Å²) in [5.74, 6) is 0. The molecule has 1 rings (SSSR count). The molecule has 1 unspecified atom stereocenters. The summed E-state index contributed by atoms with van der Waals surface area (Å²) < 4.78 is 13.0. The molecule has 0 saturated carbocycles. The molecular weight excluding hydrogens is 127 g/mol. The van der Waals surface area contributed by atoms with Gasteiger partial charge in [0, 0.05) is 0 Å². The molecule has 10 heavy (non-hydrogen) atoms. The second kappa shape index (κ2) is 2.82. The van der Waals surface area contributed by atoms with Crippen molar-refractivity contribution in [3.05, 3.63) is 36.0 Å². The van der Waals surface area contributed by atoms with Crippen molar-refractivity contribution in [2.24, 2.45) is 0 Å². The molecule has 0 aliphatic heterocycles. The molecule has 0 nitrogen and oxygen atoms in total. The van der Waals surface area contributed by atoms with E-state index in [0.29, 0.717) is 5.57 Å². The highest BCUT2D eigenvalue weighted by Gasteiger charge is 2.14. The number of allylic oxidation sites excluding steroid dienone is 5. The van der Waals surface area contributed by atoms with Crippen molar-refractivity contribution in [1.29, 1.82) is 0 Å². The van der Waals surface area contributed by atoms with Crippen LogP contribution >= 0.6 is 0 Å². The smallest absolute Gasteiger partial charge is 0.146 e. The zero-order valence-electron chi connectivity index (χ0n) is 6.10. The van der Waals surface area contributed by atoms with Crippen LogP contribution in [0.15, 0.2) is 36.0 Å². The topological polar surface area (TPSA) is 0 Å². The van der Waals surface area contributed by atoms with Crippen molar-refractivity contribution >= 4 is 0 Å². The quantitative estimate of drug-likeness (QED) is 0.522. The Morgan fingerprint density at radius 2 is 2.40 bits per heavy atom. The van der Waals surface area contributed by atoms with Gasteiger partial charge < -0.3 is 0 Å². The van der Waals surface area contributed by atoms with E-state index < -0.39 is 6.17 Å². The predicted molar refractivity (Wildman–Crippen MR) is 41.6 cm³/mol. The zero-order valence-corrected chi connectivity index (χ0v) is 6.10. The van der Waals surface area contributed by atoms with Gasteiger partial charge in [0.15, 0.2) is 0 Å². The number of rotatable bonds is 1. The minimum absolute atomic E-state index is 0.569. The van der Waals surface area contributed by atoms with Gasteiger partial charge in [0.1, 0.15) is 6.17 Å². The van der Waals surface area contributed by atoms with Gasteiger partial charge in [0.2, 0.25) is 0 Å². The summed E-state index contributed by atoms with van der Waals surface area (Å²) >= 11 is 0. The molecule has 0 bridgehead atoms. The van der Waals surface area contributed by atoms with Crippen molar-refractivity contribution in [2.45, 2.75) is 19.5 Å². The zero-order chi connectivity index (χ0) is 7.56. The summed E-state index contributed by atoms with van der Waals surface area (Å²) in [7, 11) is 0. The summed E-state index contributed by atoms with van der Waals surface area (Å²) in [5, 5.41) is 0. The molecule has 0 N–H and O–H groups in total. The molecule has 0 spiro atoms. The molecule has 1 atom stereocenters. The lowest BCUT2D eigenvalue weighted by atomic mass is 9.97. The lowest BCUT2D eigenvalue weighted by Crippen LogP contribution is -2.07. The Balaban J connectivity index is 2.81. The maximum absolute atomic E-state index is 13.0. The Morgan fingerprint density at radius 3 is 2.90 bits per heavy atom. The second-order valence-corrected chi connectivity index (χ2v) is 2.39. The van der Waals surface area contributed by atoms with Crippen molar-refractivity contribution in [1.82, 2.24) is 0 Å². The Kier molecular flexibility index (Phi) is 2.05. The monoisotopic (exact) mass is 138 g/mol. The highest BCUT2D eigenvalue weighted by Crippen LogP contribution is 2.22. The average Bonchev–Trinajstić information content (AvgIpc) is 1.95. The fourth-order valence-electron chi connectivity index (χ4n) is 0.999. The first-order chi connectivity index (χ1) is 4.75. The minimum atomic E-state index is -0.935. The highest BCUT2D eigenvalue weighted by atomic mass is 19.1. The second-order valence-electron chi connectivity index (χ2n) is 2.39. The predicted octanol–water partition coefficient (Wildman–Crippen LogP) is 2.79. The average molecular weight is 138 g/mol. The van der Waals surface area contributed by atoms with Crippen LogP contribution in [0.25, 0.3) is 0 Å². The lowest BCUT2D eigenvalue weighted by molar-refractivity contribution is 0.428. The van der Waals surface area contributed by atoms with Crippen LogP contribution in [0.3, 0.4) is 0 Å². The molecule has 0 heterocycles. The van der Waals surface area contributed by atoms with E-state index in [2.05, 4.69) is 6.58 Å². The molecule has 0 radical (unpaired) electrons. The van der Waals surface area contributed by atoms with Crippen LogP contribution in [0.1, 0.15) is 13.3 Å². The SMILES string of the molecule is C=C1C=CC=C(CC)C1F. The molecule has 0 amide bonds. The maximum atomic E-state index is 13.0. The third-order valence-electron chi connectivity index (χ3n) is 1.68. The normalized spacial score (nSPS) is 24.8. The van der Waals surface area contributed by atoms with E-state index in [0.717, 1.165) is 12.0 Å². The Bertz CT molecular complexity index is 199. The first-order valence-corrected chi connectivity index (χ1v) is 3.45. The molecule has 0 fully saturated rings. The van der Waals surface area contributed by atoms with Crippen LogP contribution in [-0.2, 0) is 0 Å². The molecule has 1 aliphatic carbocycles. The molecule has 0 saturated heterocycles. The molecule has 54 valence electrons. The summed E-state index contributed by atoms with van der Waals surface area (Å²) in [5.41, 5.74) is 1.40. The van der Waals surface area contributed by atoms with Crippen molar-refractivity contribution in [3.8, 4) is 0 Å². The van der Waals surface area contributed by atoms with E-state index >= 15 is 0 Å². The molecule has 1 heteroatoms. The molecule has 0 aromatic carbocycles. The van der Waals surface area contributed by atoms with Gasteiger partial charge in [-0.05, 0) is 17.6 Å². The standard InChI is InChI=1S/C9H11F/c1-3-8-6-4-5-7(2)9(8)10/h4-6,9H,2-3H2,1H3. The Morgan fingerprint density at radius 1 is 1.70 bits per heavy atom. The maximum Gasteiger partial charge on any atom is 0.146 e. The van der Waals surface area contributed by atoms with E-state index in [1.165, 1.54) is 0 Å². The van der Waals surface area contributed by atoms with Crippen molar-refractivity contribution in [2.75, 3.05) is 0 Å². The van der Waals surface area contributed by atoms with E-state index in [9.17, 15) is 4.39 Å². The van der Waals surface area contributed by atoms with Gasteiger partial charge in [-0.15, -0.1) is 0 Å². The summed E-state index contributed by atoms with van der Waals surface area (Å²) in [6.07, 6.45) is 5.21. The Hall–Kier alpha value is -0.850. The summed E-state index contributed by atoms with van der Waals surface area (Å²) in [6, 6.07) is 0. The van der Waals surface area contributed by atoms with Crippen LogP contribution in [-0.4, -0.2) is 6.17 Å². The van der Waals surface area contributed by atoms with Crippen LogP contribution in [0.2, 0.25) is 0 Å². The van der Waals surface area contributed by atoms with Gasteiger partial charge in [-0.25, -0.2) is 4.39 Å². The minimum Gasteiger partial charge on any atom is -0.237 e. The molecular formula is C9H11F. The summed E-state index contributed by atoms with van der Waals surface area (Å²) in [6.45, 7) is 5.54. The van der Waals surface area contributed by atoms with Gasteiger partial charge in [-0.2, -0.15) is 0 Å². The van der Waals surface area contributed by atoms with E-state index in [1.54, 1.807) is 6.08 Å². The van der Waals surface area contributed by atoms with Gasteiger partial charge >= 0.3 is 0 Å². The van der Waals surface area contributed by atoms with Crippen molar-refractivity contribution in [3.63, 3.8) is 0 Å². The number of hydrogen-bond acceptors (Lipinski definition) is 0. The van der Waals surface area contributed by atoms with Crippen molar-refractivity contribution < 1.29 is 4.39 Å². The number of halogens is 1. The number of alkyl halides is 1. The van der Waals surface area contributed by atoms with Crippen LogP contribution in [0.5, 0.6) is 0 Å². The van der Waals surface area contributed by atoms with E-state index in [1.807, 2.05) is 19.1 Å². The van der Waals surface area contributed by atoms with Crippen LogP contribution in [0, 0.1) is 0 Å². The van der Waals surface area contributed by atoms with Crippen LogP contribution in [0.4, 0.5) is 4.39 Å². The van der Waals surface area contributed by atoms with Crippen LogP contribution < -0.4 is 0 Å². The lowest BCUT2D eigenvalue weighted by Gasteiger charge is -2.13.